The molecule has 150 valence electrons. The second-order valence-electron chi connectivity index (χ2n) is 6.27. The van der Waals surface area contributed by atoms with Gasteiger partial charge in [0.2, 0.25) is 5.91 Å². The third-order valence-electron chi connectivity index (χ3n) is 4.14. The van der Waals surface area contributed by atoms with E-state index in [0.717, 1.165) is 5.69 Å². The first-order chi connectivity index (χ1) is 13.9. The number of nitrogens with one attached hydrogen (secondary N) is 2. The van der Waals surface area contributed by atoms with Crippen molar-refractivity contribution in [1.82, 2.24) is 5.32 Å². The number of benzene rings is 2. The molecule has 2 aromatic carbocycles. The van der Waals surface area contributed by atoms with Crippen LogP contribution in [-0.4, -0.2) is 18.4 Å². The Bertz CT molecular complexity index is 996. The SMILES string of the molecule is NC(=O)CCNC(=O)c1ccc(NCc2ccc(-c3c(F)cccc3F)o2)cc1. The zero-order valence-electron chi connectivity index (χ0n) is 15.4. The number of halogens is 2. The summed E-state index contributed by atoms with van der Waals surface area (Å²) >= 11 is 0. The number of hydrogen-bond donors (Lipinski definition) is 3. The lowest BCUT2D eigenvalue weighted by Gasteiger charge is -2.07. The number of hydrogen-bond acceptors (Lipinski definition) is 4. The number of rotatable bonds is 8. The fourth-order valence-electron chi connectivity index (χ4n) is 2.67. The standard InChI is InChI=1S/C21H19F2N3O3/c22-16-2-1-3-17(23)20(16)18-9-8-15(29-18)12-26-14-6-4-13(5-7-14)21(28)25-11-10-19(24)27/h1-9,26H,10-12H2,(H2,24,27)(H,25,28). The lowest BCUT2D eigenvalue weighted by molar-refractivity contribution is -0.117. The van der Waals surface area contributed by atoms with Crippen LogP contribution in [0.1, 0.15) is 22.5 Å². The van der Waals surface area contributed by atoms with Gasteiger partial charge in [-0.25, -0.2) is 8.78 Å². The summed E-state index contributed by atoms with van der Waals surface area (Å²) in [7, 11) is 0. The van der Waals surface area contributed by atoms with Gasteiger partial charge in [-0.2, -0.15) is 0 Å². The normalized spacial score (nSPS) is 10.6. The highest BCUT2D eigenvalue weighted by Gasteiger charge is 2.14. The Hall–Kier alpha value is -3.68. The minimum absolute atomic E-state index is 0.0767. The summed E-state index contributed by atoms with van der Waals surface area (Å²) in [5.41, 5.74) is 5.99. The first kappa shape index (κ1) is 20.1. The van der Waals surface area contributed by atoms with Crippen LogP contribution in [0.5, 0.6) is 0 Å². The van der Waals surface area contributed by atoms with Crippen molar-refractivity contribution in [3.63, 3.8) is 0 Å². The van der Waals surface area contributed by atoms with Gasteiger partial charge in [0.1, 0.15) is 23.2 Å². The first-order valence-electron chi connectivity index (χ1n) is 8.87. The second-order valence-corrected chi connectivity index (χ2v) is 6.27. The molecule has 0 atom stereocenters. The Morgan fingerprint density at radius 2 is 1.66 bits per heavy atom. The average molecular weight is 399 g/mol. The molecule has 0 aliphatic carbocycles. The Morgan fingerprint density at radius 1 is 0.966 bits per heavy atom. The van der Waals surface area contributed by atoms with E-state index in [4.69, 9.17) is 10.2 Å². The molecule has 0 radical (unpaired) electrons. The maximum Gasteiger partial charge on any atom is 0.251 e. The number of furan rings is 1. The molecule has 1 heterocycles. The quantitative estimate of drug-likeness (QED) is 0.541. The summed E-state index contributed by atoms with van der Waals surface area (Å²) in [6.45, 7) is 0.470. The first-order valence-corrected chi connectivity index (χ1v) is 8.87. The van der Waals surface area contributed by atoms with Gasteiger partial charge in [0.25, 0.3) is 5.91 Å². The van der Waals surface area contributed by atoms with E-state index >= 15 is 0 Å². The van der Waals surface area contributed by atoms with Gasteiger partial charge in [0.15, 0.2) is 0 Å². The number of carbonyl (C=O) groups excluding carboxylic acids is 2. The molecule has 4 N–H and O–H groups in total. The van der Waals surface area contributed by atoms with E-state index in [-0.39, 0.29) is 30.2 Å². The molecule has 3 rings (SSSR count). The number of primary amides is 1. The number of amides is 2. The predicted molar refractivity (Wildman–Crippen MR) is 104 cm³/mol. The zero-order chi connectivity index (χ0) is 20.8. The van der Waals surface area contributed by atoms with Gasteiger partial charge in [-0.1, -0.05) is 6.07 Å². The van der Waals surface area contributed by atoms with Gasteiger partial charge < -0.3 is 20.8 Å². The van der Waals surface area contributed by atoms with Gasteiger partial charge in [-0.15, -0.1) is 0 Å². The molecular weight excluding hydrogens is 380 g/mol. The summed E-state index contributed by atoms with van der Waals surface area (Å²) in [5.74, 6) is -1.56. The maximum absolute atomic E-state index is 13.8. The van der Waals surface area contributed by atoms with Crippen molar-refractivity contribution >= 4 is 17.5 Å². The van der Waals surface area contributed by atoms with Crippen LogP contribution in [0.2, 0.25) is 0 Å². The van der Waals surface area contributed by atoms with Crippen LogP contribution in [0, 0.1) is 11.6 Å². The number of anilines is 1. The zero-order valence-corrected chi connectivity index (χ0v) is 15.4. The second kappa shape index (κ2) is 9.01. The monoisotopic (exact) mass is 399 g/mol. The van der Waals surface area contributed by atoms with Crippen LogP contribution >= 0.6 is 0 Å². The van der Waals surface area contributed by atoms with Crippen molar-refractivity contribution < 1.29 is 22.8 Å². The van der Waals surface area contributed by atoms with E-state index < -0.39 is 17.5 Å². The lowest BCUT2D eigenvalue weighted by atomic mass is 10.1. The summed E-state index contributed by atoms with van der Waals surface area (Å²) in [6.07, 6.45) is 0.0767. The number of carbonyl (C=O) groups is 2. The van der Waals surface area contributed by atoms with Crippen molar-refractivity contribution in [3.05, 3.63) is 77.6 Å². The predicted octanol–water partition coefficient (Wildman–Crippen LogP) is 3.44. The molecule has 0 saturated carbocycles. The Balaban J connectivity index is 1.58. The molecule has 0 spiro atoms. The molecule has 6 nitrogen and oxygen atoms in total. The Morgan fingerprint density at radius 3 is 2.31 bits per heavy atom. The molecule has 8 heteroatoms. The minimum Gasteiger partial charge on any atom is -0.459 e. The van der Waals surface area contributed by atoms with E-state index in [0.29, 0.717) is 17.9 Å². The third kappa shape index (κ3) is 5.19. The molecule has 29 heavy (non-hydrogen) atoms. The average Bonchev–Trinajstić information content (AvgIpc) is 3.15. The van der Waals surface area contributed by atoms with Crippen LogP contribution in [-0.2, 0) is 11.3 Å². The molecule has 2 amide bonds. The Labute approximate surface area is 165 Å². The van der Waals surface area contributed by atoms with E-state index in [1.807, 2.05) is 0 Å². The summed E-state index contributed by atoms with van der Waals surface area (Å²) in [5, 5.41) is 5.70. The van der Waals surface area contributed by atoms with Gasteiger partial charge in [-0.3, -0.25) is 9.59 Å². The van der Waals surface area contributed by atoms with Crippen molar-refractivity contribution in [3.8, 4) is 11.3 Å². The summed E-state index contributed by atoms with van der Waals surface area (Å²) in [4.78, 5) is 22.6. The molecule has 0 aliphatic heterocycles. The Kier molecular flexibility index (Phi) is 6.23. The molecule has 0 saturated heterocycles. The van der Waals surface area contributed by atoms with E-state index in [2.05, 4.69) is 10.6 Å². The molecule has 0 fully saturated rings. The maximum atomic E-state index is 13.8. The van der Waals surface area contributed by atoms with Gasteiger partial charge in [-0.05, 0) is 48.5 Å². The molecule has 0 aliphatic rings. The van der Waals surface area contributed by atoms with Crippen LogP contribution in [0.15, 0.2) is 59.0 Å². The lowest BCUT2D eigenvalue weighted by Crippen LogP contribution is -2.27. The highest BCUT2D eigenvalue weighted by molar-refractivity contribution is 5.94. The number of nitrogens with two attached hydrogens (primary N) is 1. The van der Waals surface area contributed by atoms with Crippen LogP contribution in [0.3, 0.4) is 0 Å². The highest BCUT2D eigenvalue weighted by atomic mass is 19.1. The molecule has 0 bridgehead atoms. The van der Waals surface area contributed by atoms with Crippen LogP contribution < -0.4 is 16.4 Å². The van der Waals surface area contributed by atoms with Gasteiger partial charge in [0, 0.05) is 24.2 Å². The van der Waals surface area contributed by atoms with Crippen LogP contribution in [0.4, 0.5) is 14.5 Å². The molecule has 1 aromatic heterocycles. The molecular formula is C21H19F2N3O3. The van der Waals surface area contributed by atoms with Crippen molar-refractivity contribution in [2.24, 2.45) is 5.73 Å². The smallest absolute Gasteiger partial charge is 0.251 e. The van der Waals surface area contributed by atoms with Crippen LogP contribution in [0.25, 0.3) is 11.3 Å². The van der Waals surface area contributed by atoms with Crippen molar-refractivity contribution in [1.29, 1.82) is 0 Å². The fourth-order valence-corrected chi connectivity index (χ4v) is 2.67. The largest absolute Gasteiger partial charge is 0.459 e. The van der Waals surface area contributed by atoms with E-state index in [9.17, 15) is 18.4 Å². The third-order valence-corrected chi connectivity index (χ3v) is 4.14. The topological polar surface area (TPSA) is 97.4 Å². The highest BCUT2D eigenvalue weighted by Crippen LogP contribution is 2.28. The fraction of sp³-hybridized carbons (Fsp3) is 0.143. The summed E-state index contributed by atoms with van der Waals surface area (Å²) in [6, 6.07) is 13.5. The molecule has 0 unspecified atom stereocenters. The van der Waals surface area contributed by atoms with Gasteiger partial charge >= 0.3 is 0 Å². The minimum atomic E-state index is -0.691. The summed E-state index contributed by atoms with van der Waals surface area (Å²) < 4.78 is 33.2. The van der Waals surface area contributed by atoms with Crippen molar-refractivity contribution in [2.45, 2.75) is 13.0 Å². The van der Waals surface area contributed by atoms with E-state index in [1.165, 1.54) is 24.3 Å². The van der Waals surface area contributed by atoms with Crippen molar-refractivity contribution in [2.75, 3.05) is 11.9 Å². The molecule has 3 aromatic rings. The van der Waals surface area contributed by atoms with E-state index in [1.54, 1.807) is 30.3 Å². The van der Waals surface area contributed by atoms with Gasteiger partial charge in [0.05, 0.1) is 12.1 Å².